The van der Waals surface area contributed by atoms with Crippen LogP contribution in [0.5, 0.6) is 0 Å². The van der Waals surface area contributed by atoms with Crippen LogP contribution < -0.4 is 5.32 Å². The van der Waals surface area contributed by atoms with Crippen molar-refractivity contribution in [3.8, 4) is 0 Å². The molecule has 4 nitrogen and oxygen atoms in total. The summed E-state index contributed by atoms with van der Waals surface area (Å²) in [6, 6.07) is 0.616. The molecule has 1 aromatic heterocycles. The summed E-state index contributed by atoms with van der Waals surface area (Å²) < 4.78 is 5.26. The molecule has 1 aliphatic carbocycles. The summed E-state index contributed by atoms with van der Waals surface area (Å²) in [4.78, 5) is 4.39. The minimum atomic E-state index is 0.616. The molecule has 16 heavy (non-hydrogen) atoms. The van der Waals surface area contributed by atoms with E-state index >= 15 is 0 Å². The standard InChI is InChI=1S/C12H21N3O/c1-3-11-14-12(16-15-11)8-9-6-4-5-7-10(9)13-2/h9-10,13H,3-8H2,1-2H3. The topological polar surface area (TPSA) is 51.0 Å². The average Bonchev–Trinajstić information content (AvgIpc) is 2.77. The Kier molecular flexibility index (Phi) is 3.93. The van der Waals surface area contributed by atoms with Gasteiger partial charge in [0.05, 0.1) is 0 Å². The van der Waals surface area contributed by atoms with E-state index in [0.29, 0.717) is 12.0 Å². The molecule has 2 rings (SSSR count). The first-order valence-corrected chi connectivity index (χ1v) is 6.32. The first-order valence-electron chi connectivity index (χ1n) is 6.32. The van der Waals surface area contributed by atoms with E-state index in [9.17, 15) is 0 Å². The molecular weight excluding hydrogens is 202 g/mol. The first kappa shape index (κ1) is 11.6. The number of hydrogen-bond donors (Lipinski definition) is 1. The predicted octanol–water partition coefficient (Wildman–Crippen LogP) is 1.95. The average molecular weight is 223 g/mol. The van der Waals surface area contributed by atoms with Gasteiger partial charge in [0, 0.05) is 18.9 Å². The van der Waals surface area contributed by atoms with Crippen LogP contribution in [0, 0.1) is 5.92 Å². The Morgan fingerprint density at radius 3 is 2.88 bits per heavy atom. The maximum Gasteiger partial charge on any atom is 0.226 e. The lowest BCUT2D eigenvalue weighted by Crippen LogP contribution is -2.37. The number of aryl methyl sites for hydroxylation is 1. The molecule has 90 valence electrons. The molecular formula is C12H21N3O. The third-order valence-electron chi connectivity index (χ3n) is 3.54. The van der Waals surface area contributed by atoms with Crippen molar-refractivity contribution < 1.29 is 4.52 Å². The zero-order valence-corrected chi connectivity index (χ0v) is 10.2. The molecule has 0 aliphatic heterocycles. The third kappa shape index (κ3) is 2.61. The van der Waals surface area contributed by atoms with Crippen LogP contribution in [0.2, 0.25) is 0 Å². The molecule has 0 radical (unpaired) electrons. The van der Waals surface area contributed by atoms with E-state index in [1.54, 1.807) is 0 Å². The summed E-state index contributed by atoms with van der Waals surface area (Å²) >= 11 is 0. The highest BCUT2D eigenvalue weighted by atomic mass is 16.5. The number of aromatic nitrogens is 2. The van der Waals surface area contributed by atoms with Gasteiger partial charge in [-0.25, -0.2) is 0 Å². The molecule has 0 amide bonds. The Hall–Kier alpha value is -0.900. The molecule has 0 spiro atoms. The number of nitrogens with zero attached hydrogens (tertiary/aromatic N) is 2. The SMILES string of the molecule is CCc1noc(CC2CCCCC2NC)n1. The molecule has 4 heteroatoms. The summed E-state index contributed by atoms with van der Waals surface area (Å²) in [5.41, 5.74) is 0. The Labute approximate surface area is 96.8 Å². The lowest BCUT2D eigenvalue weighted by Gasteiger charge is -2.30. The van der Waals surface area contributed by atoms with Crippen molar-refractivity contribution in [1.29, 1.82) is 0 Å². The Morgan fingerprint density at radius 1 is 1.38 bits per heavy atom. The molecule has 0 aromatic carbocycles. The summed E-state index contributed by atoms with van der Waals surface area (Å²) in [6.07, 6.45) is 7.00. The predicted molar refractivity (Wildman–Crippen MR) is 62.2 cm³/mol. The van der Waals surface area contributed by atoms with E-state index in [-0.39, 0.29) is 0 Å². The largest absolute Gasteiger partial charge is 0.339 e. The monoisotopic (exact) mass is 223 g/mol. The molecule has 1 aromatic rings. The first-order chi connectivity index (χ1) is 7.83. The van der Waals surface area contributed by atoms with Gasteiger partial charge in [-0.15, -0.1) is 0 Å². The second-order valence-electron chi connectivity index (χ2n) is 4.60. The van der Waals surface area contributed by atoms with Gasteiger partial charge in [0.1, 0.15) is 0 Å². The van der Waals surface area contributed by atoms with Crippen LogP contribution in [0.15, 0.2) is 4.52 Å². The normalized spacial score (nSPS) is 25.9. The summed E-state index contributed by atoms with van der Waals surface area (Å²) in [6.45, 7) is 2.05. The fourth-order valence-corrected chi connectivity index (χ4v) is 2.57. The van der Waals surface area contributed by atoms with Gasteiger partial charge in [-0.1, -0.05) is 24.9 Å². The van der Waals surface area contributed by atoms with Crippen LogP contribution >= 0.6 is 0 Å². The minimum absolute atomic E-state index is 0.616. The highest BCUT2D eigenvalue weighted by Crippen LogP contribution is 2.26. The molecule has 1 fully saturated rings. The van der Waals surface area contributed by atoms with Crippen molar-refractivity contribution in [3.05, 3.63) is 11.7 Å². The van der Waals surface area contributed by atoms with Crippen molar-refractivity contribution >= 4 is 0 Å². The van der Waals surface area contributed by atoms with Gasteiger partial charge < -0.3 is 9.84 Å². The van der Waals surface area contributed by atoms with Crippen LogP contribution in [0.3, 0.4) is 0 Å². The highest BCUT2D eigenvalue weighted by molar-refractivity contribution is 4.91. The molecule has 0 bridgehead atoms. The second-order valence-corrected chi connectivity index (χ2v) is 4.60. The van der Waals surface area contributed by atoms with Crippen molar-refractivity contribution in [1.82, 2.24) is 15.5 Å². The van der Waals surface area contributed by atoms with E-state index in [1.807, 2.05) is 14.0 Å². The van der Waals surface area contributed by atoms with Crippen molar-refractivity contribution in [3.63, 3.8) is 0 Å². The van der Waals surface area contributed by atoms with E-state index < -0.39 is 0 Å². The number of hydrogen-bond acceptors (Lipinski definition) is 4. The van der Waals surface area contributed by atoms with Gasteiger partial charge in [0.25, 0.3) is 0 Å². The maximum atomic E-state index is 5.26. The lowest BCUT2D eigenvalue weighted by molar-refractivity contribution is 0.248. The van der Waals surface area contributed by atoms with E-state index in [4.69, 9.17) is 4.52 Å². The van der Waals surface area contributed by atoms with Crippen molar-refractivity contribution in [2.45, 2.75) is 51.5 Å². The zero-order chi connectivity index (χ0) is 11.4. The van der Waals surface area contributed by atoms with Crippen molar-refractivity contribution in [2.75, 3.05) is 7.05 Å². The van der Waals surface area contributed by atoms with Gasteiger partial charge >= 0.3 is 0 Å². The van der Waals surface area contributed by atoms with Crippen LogP contribution in [0.4, 0.5) is 0 Å². The maximum absolute atomic E-state index is 5.26. The summed E-state index contributed by atoms with van der Waals surface area (Å²) in [7, 11) is 2.05. The molecule has 1 N–H and O–H groups in total. The number of nitrogens with one attached hydrogen (secondary N) is 1. The molecule has 1 aliphatic rings. The van der Waals surface area contributed by atoms with E-state index in [2.05, 4.69) is 15.5 Å². The van der Waals surface area contributed by atoms with Crippen LogP contribution in [-0.2, 0) is 12.8 Å². The molecule has 2 atom stereocenters. The fourth-order valence-electron chi connectivity index (χ4n) is 2.57. The Bertz CT molecular complexity index is 324. The lowest BCUT2D eigenvalue weighted by atomic mass is 9.82. The smallest absolute Gasteiger partial charge is 0.226 e. The summed E-state index contributed by atoms with van der Waals surface area (Å²) in [5, 5.41) is 7.35. The van der Waals surface area contributed by atoms with Gasteiger partial charge in [-0.2, -0.15) is 4.98 Å². The number of rotatable bonds is 4. The van der Waals surface area contributed by atoms with Gasteiger partial charge in [0.15, 0.2) is 5.82 Å². The van der Waals surface area contributed by atoms with E-state index in [0.717, 1.165) is 24.6 Å². The molecule has 1 saturated carbocycles. The quantitative estimate of drug-likeness (QED) is 0.847. The summed E-state index contributed by atoms with van der Waals surface area (Å²) in [5.74, 6) is 2.29. The van der Waals surface area contributed by atoms with Gasteiger partial charge in [0.2, 0.25) is 5.89 Å². The highest BCUT2D eigenvalue weighted by Gasteiger charge is 2.25. The molecule has 2 unspecified atom stereocenters. The van der Waals surface area contributed by atoms with Crippen LogP contribution in [0.25, 0.3) is 0 Å². The van der Waals surface area contributed by atoms with Crippen LogP contribution in [0.1, 0.15) is 44.3 Å². The van der Waals surface area contributed by atoms with Crippen LogP contribution in [-0.4, -0.2) is 23.2 Å². The molecule has 1 heterocycles. The second kappa shape index (κ2) is 5.43. The fraction of sp³-hybridized carbons (Fsp3) is 0.833. The zero-order valence-electron chi connectivity index (χ0n) is 10.2. The Morgan fingerprint density at radius 2 is 2.19 bits per heavy atom. The third-order valence-corrected chi connectivity index (χ3v) is 3.54. The van der Waals surface area contributed by atoms with Crippen molar-refractivity contribution in [2.24, 2.45) is 5.92 Å². The molecule has 0 saturated heterocycles. The minimum Gasteiger partial charge on any atom is -0.339 e. The van der Waals surface area contributed by atoms with Gasteiger partial charge in [-0.05, 0) is 25.8 Å². The van der Waals surface area contributed by atoms with E-state index in [1.165, 1.54) is 25.7 Å². The Balaban J connectivity index is 1.96. The van der Waals surface area contributed by atoms with Gasteiger partial charge in [-0.3, -0.25) is 0 Å².